The lowest BCUT2D eigenvalue weighted by Crippen LogP contribution is -2.15. The molecular weight excluding hydrogens is 682 g/mol. The van der Waals surface area contributed by atoms with Crippen LogP contribution >= 0.6 is 0 Å². The van der Waals surface area contributed by atoms with Gasteiger partial charge in [-0.05, 0) is 12.2 Å². The molecule has 0 N–H and O–H groups in total. The number of nitrogens with zero attached hydrogens (tertiary/aromatic N) is 9. The van der Waals surface area contributed by atoms with Gasteiger partial charge in [-0.15, -0.1) is 0 Å². The molecule has 3 rings (SSSR count). The van der Waals surface area contributed by atoms with Crippen molar-refractivity contribution in [3.63, 3.8) is 0 Å². The van der Waals surface area contributed by atoms with Crippen molar-refractivity contribution in [1.29, 1.82) is 0 Å². The highest BCUT2D eigenvalue weighted by Crippen LogP contribution is 2.45. The first-order valence-corrected chi connectivity index (χ1v) is 11.8. The zero-order valence-electron chi connectivity index (χ0n) is 22.8. The Morgan fingerprint density at radius 1 is 0.388 bits per heavy atom. The molecule has 0 bridgehead atoms. The van der Waals surface area contributed by atoms with Crippen LogP contribution in [0.1, 0.15) is 27.0 Å². The highest BCUT2D eigenvalue weighted by atomic mass is 16.7. The molecule has 0 heterocycles. The van der Waals surface area contributed by atoms with Gasteiger partial charge in [0.05, 0.1) is 74.6 Å². The molecule has 0 aliphatic carbocycles. The number of ketones is 1. The van der Waals surface area contributed by atoms with Gasteiger partial charge in [-0.3, -0.25) is 95.8 Å². The molecule has 28 nitrogen and oxygen atoms in total. The molecule has 0 amide bonds. The van der Waals surface area contributed by atoms with Gasteiger partial charge in [-0.1, -0.05) is 0 Å². The Kier molecular flexibility index (Phi) is 9.29. The van der Waals surface area contributed by atoms with E-state index in [1.54, 1.807) is 0 Å². The van der Waals surface area contributed by atoms with E-state index < -0.39 is 124 Å². The van der Waals surface area contributed by atoms with Gasteiger partial charge in [0.1, 0.15) is 11.1 Å². The summed E-state index contributed by atoms with van der Waals surface area (Å²) in [5.41, 5.74) is -20.7. The van der Waals surface area contributed by atoms with Gasteiger partial charge in [0.2, 0.25) is 5.78 Å². The highest BCUT2D eigenvalue weighted by Gasteiger charge is 2.45. The Morgan fingerprint density at radius 2 is 0.694 bits per heavy atom. The van der Waals surface area contributed by atoms with Crippen molar-refractivity contribution in [1.82, 2.24) is 0 Å². The van der Waals surface area contributed by atoms with Crippen LogP contribution in [-0.2, 0) is 0 Å². The Morgan fingerprint density at radius 3 is 1.02 bits per heavy atom. The van der Waals surface area contributed by atoms with Crippen LogP contribution in [0.5, 0.6) is 0 Å². The SMILES string of the molecule is O=C(c1c([N+](=O)[O-])cc([N+](=O)[O-])cc1[N+](=O)[O-])c1c([N+](=O)[O-])cc([N+](=O)[O-])c(C=Cc2c([N+](=O)[O-])cc([N+](=O)[O-])cc2[N+](=O)[O-])c1[N+](=O)[O-]. The van der Waals surface area contributed by atoms with Crippen LogP contribution in [-0.4, -0.2) is 50.1 Å². The maximum absolute atomic E-state index is 13.7. The fraction of sp³-hybridized carbons (Fsp3) is 0. The maximum Gasteiger partial charge on any atom is 0.301 e. The molecule has 0 aliphatic heterocycles. The van der Waals surface area contributed by atoms with E-state index in [2.05, 4.69) is 0 Å². The van der Waals surface area contributed by atoms with Gasteiger partial charge in [0.25, 0.3) is 45.5 Å². The van der Waals surface area contributed by atoms with Crippen molar-refractivity contribution < 1.29 is 49.1 Å². The number of carbonyl (C=O) groups is 1. The number of non-ortho nitro benzene ring substituents is 2. The second-order valence-electron chi connectivity index (χ2n) is 8.79. The van der Waals surface area contributed by atoms with Gasteiger partial charge >= 0.3 is 5.69 Å². The lowest BCUT2D eigenvalue weighted by molar-refractivity contribution is -0.404. The van der Waals surface area contributed by atoms with Gasteiger partial charge in [-0.2, -0.15) is 0 Å². The highest BCUT2D eigenvalue weighted by molar-refractivity contribution is 6.19. The van der Waals surface area contributed by atoms with E-state index in [1.807, 2.05) is 0 Å². The van der Waals surface area contributed by atoms with E-state index in [-0.39, 0.29) is 42.5 Å². The average Bonchev–Trinajstić information content (AvgIpc) is 3.00. The number of hydrogen-bond donors (Lipinski definition) is 0. The first-order valence-electron chi connectivity index (χ1n) is 11.8. The predicted octanol–water partition coefficient (Wildman–Crippen LogP) is 4.26. The van der Waals surface area contributed by atoms with Crippen molar-refractivity contribution in [2.45, 2.75) is 0 Å². The summed E-state index contributed by atoms with van der Waals surface area (Å²) < 4.78 is 0. The van der Waals surface area contributed by atoms with E-state index in [0.717, 1.165) is 0 Å². The average molecular weight is 689 g/mol. The lowest BCUT2D eigenvalue weighted by Gasteiger charge is -2.09. The molecule has 0 unspecified atom stereocenters. The summed E-state index contributed by atoms with van der Waals surface area (Å²) in [6, 6.07) is 0.274. The molecule has 3 aromatic rings. The second-order valence-corrected chi connectivity index (χ2v) is 8.79. The zero-order valence-corrected chi connectivity index (χ0v) is 22.8. The number of nitro benzene ring substituents is 9. The summed E-state index contributed by atoms with van der Waals surface area (Å²) in [4.78, 5) is 105. The minimum absolute atomic E-state index is 0.00302. The van der Waals surface area contributed by atoms with Crippen molar-refractivity contribution in [3.8, 4) is 0 Å². The van der Waals surface area contributed by atoms with Crippen LogP contribution in [0.2, 0.25) is 0 Å². The van der Waals surface area contributed by atoms with E-state index >= 15 is 0 Å². The molecule has 0 radical (unpaired) electrons. The van der Waals surface area contributed by atoms with Crippen LogP contribution in [0.4, 0.5) is 51.2 Å². The van der Waals surface area contributed by atoms with E-state index in [9.17, 15) is 95.8 Å². The number of nitro groups is 9. The summed E-state index contributed by atoms with van der Waals surface area (Å²) in [5.74, 6) is -2.30. The van der Waals surface area contributed by atoms with E-state index in [1.165, 1.54) is 0 Å². The monoisotopic (exact) mass is 689 g/mol. The molecule has 250 valence electrons. The van der Waals surface area contributed by atoms with E-state index in [0.29, 0.717) is 0 Å². The smallest absolute Gasteiger partial charge is 0.287 e. The molecule has 0 atom stereocenters. The van der Waals surface area contributed by atoms with Gasteiger partial charge in [0.15, 0.2) is 11.1 Å². The largest absolute Gasteiger partial charge is 0.301 e. The number of rotatable bonds is 13. The summed E-state index contributed by atoms with van der Waals surface area (Å²) in [5, 5.41) is 105. The van der Waals surface area contributed by atoms with Crippen molar-refractivity contribution in [2.24, 2.45) is 0 Å². The minimum atomic E-state index is -2.30. The molecule has 49 heavy (non-hydrogen) atoms. The Hall–Kier alpha value is -8.33. The molecule has 28 heteroatoms. The van der Waals surface area contributed by atoms with Gasteiger partial charge < -0.3 is 0 Å². The minimum Gasteiger partial charge on any atom is -0.287 e. The summed E-state index contributed by atoms with van der Waals surface area (Å²) in [7, 11) is 0. The molecule has 0 fully saturated rings. The third kappa shape index (κ3) is 6.56. The topological polar surface area (TPSA) is 405 Å². The summed E-state index contributed by atoms with van der Waals surface area (Å²) in [6.45, 7) is 0. The summed E-state index contributed by atoms with van der Waals surface area (Å²) >= 11 is 0. The quantitative estimate of drug-likeness (QED) is 0.105. The Balaban J connectivity index is 2.61. The summed E-state index contributed by atoms with van der Waals surface area (Å²) in [6.07, 6.45) is 0.350. The van der Waals surface area contributed by atoms with Gasteiger partial charge in [0, 0.05) is 0 Å². The van der Waals surface area contributed by atoms with E-state index in [4.69, 9.17) is 0 Å². The number of carbonyl (C=O) groups excluding carboxylic acids is 1. The maximum atomic E-state index is 13.7. The molecular formula is C21H7N9O19. The Labute approximate surface area is 262 Å². The van der Waals surface area contributed by atoms with Crippen LogP contribution < -0.4 is 0 Å². The zero-order chi connectivity index (χ0) is 37.2. The number of benzene rings is 3. The third-order valence-corrected chi connectivity index (χ3v) is 6.16. The molecule has 0 saturated carbocycles. The molecule has 0 spiro atoms. The first kappa shape index (κ1) is 35.2. The first-order chi connectivity index (χ1) is 22.7. The van der Waals surface area contributed by atoms with Crippen LogP contribution in [0.15, 0.2) is 30.3 Å². The van der Waals surface area contributed by atoms with Crippen molar-refractivity contribution in [3.05, 3.63) is 144 Å². The molecule has 0 saturated heterocycles. The molecule has 0 aliphatic rings. The molecule has 3 aromatic carbocycles. The second kappa shape index (κ2) is 13.0. The molecule has 0 aromatic heterocycles. The normalized spacial score (nSPS) is 10.7. The van der Waals surface area contributed by atoms with Crippen molar-refractivity contribution >= 4 is 69.1 Å². The lowest BCUT2D eigenvalue weighted by atomic mass is 9.93. The van der Waals surface area contributed by atoms with Crippen LogP contribution in [0, 0.1) is 91.0 Å². The van der Waals surface area contributed by atoms with Crippen LogP contribution in [0.3, 0.4) is 0 Å². The number of hydrogen-bond acceptors (Lipinski definition) is 19. The van der Waals surface area contributed by atoms with Crippen LogP contribution in [0.25, 0.3) is 12.2 Å². The van der Waals surface area contributed by atoms with Gasteiger partial charge in [-0.25, -0.2) is 0 Å². The third-order valence-electron chi connectivity index (χ3n) is 6.16. The Bertz CT molecular complexity index is 2090. The predicted molar refractivity (Wildman–Crippen MR) is 152 cm³/mol. The fourth-order valence-corrected chi connectivity index (χ4v) is 4.23. The van der Waals surface area contributed by atoms with Crippen molar-refractivity contribution in [2.75, 3.05) is 0 Å². The standard InChI is InChI=1S/C21H7N9O19/c31-21(18-15(27(42)43)5-9(23(34)35)6-16(18)28(44)45)19-17(29(46)47)7-14(26(40)41)11(20(19)30(48)49)2-1-10-12(24(36)37)3-8(22(32)33)4-13(10)25(38)39/h1-7H. The fourth-order valence-electron chi connectivity index (χ4n) is 4.23.